The van der Waals surface area contributed by atoms with Crippen molar-refractivity contribution >= 4 is 18.3 Å². The number of ketones is 2. The van der Waals surface area contributed by atoms with Crippen LogP contribution in [0.25, 0.3) is 11.3 Å². The molecule has 0 saturated heterocycles. The molecule has 1 aliphatic rings. The molecule has 0 bridgehead atoms. The third-order valence-corrected chi connectivity index (χ3v) is 4.06. The van der Waals surface area contributed by atoms with E-state index in [1.54, 1.807) is 12.1 Å². The Bertz CT molecular complexity index is 803. The highest BCUT2D eigenvalue weighted by atomic mass is 16.2. The number of carbonyl (C=O) groups is 2. The van der Waals surface area contributed by atoms with Crippen LogP contribution in [0.3, 0.4) is 0 Å². The average Bonchev–Trinajstić information content (AvgIpc) is 2.93. The summed E-state index contributed by atoms with van der Waals surface area (Å²) in [5.41, 5.74) is 2.23. The monoisotopic (exact) mass is 309 g/mol. The third-order valence-electron chi connectivity index (χ3n) is 4.06. The van der Waals surface area contributed by atoms with Crippen molar-refractivity contribution in [3.05, 3.63) is 41.3 Å². The van der Waals surface area contributed by atoms with Crippen LogP contribution in [0.4, 0.5) is 0 Å². The minimum absolute atomic E-state index is 0.160. The van der Waals surface area contributed by atoms with E-state index in [4.69, 9.17) is 4.98 Å². The van der Waals surface area contributed by atoms with Gasteiger partial charge < -0.3 is 9.56 Å². The highest BCUT2D eigenvalue weighted by Gasteiger charge is 2.36. The van der Waals surface area contributed by atoms with Gasteiger partial charge in [0.25, 0.3) is 5.78 Å². The van der Waals surface area contributed by atoms with Gasteiger partial charge in [-0.3, -0.25) is 9.59 Å². The second-order valence-corrected chi connectivity index (χ2v) is 5.98. The highest BCUT2D eigenvalue weighted by molar-refractivity contribution is 6.52. The maximum Gasteiger partial charge on any atom is 0.252 e. The van der Waals surface area contributed by atoms with Gasteiger partial charge in [-0.25, -0.2) is 4.98 Å². The van der Waals surface area contributed by atoms with Gasteiger partial charge in [0.1, 0.15) is 17.2 Å². The summed E-state index contributed by atoms with van der Waals surface area (Å²) >= 11 is 0. The van der Waals surface area contributed by atoms with Crippen molar-refractivity contribution in [3.63, 3.8) is 0 Å². The van der Waals surface area contributed by atoms with Gasteiger partial charge in [-0.15, -0.1) is 0 Å². The number of rotatable bonds is 5. The fraction of sp³-hybridized carbons (Fsp3) is 0.333. The molecule has 0 atom stereocenters. The van der Waals surface area contributed by atoms with Gasteiger partial charge in [0.2, 0.25) is 5.78 Å². The number of hydrogen-bond acceptors (Lipinski definition) is 4. The van der Waals surface area contributed by atoms with E-state index in [1.807, 2.05) is 30.5 Å². The van der Waals surface area contributed by atoms with E-state index in [9.17, 15) is 9.59 Å². The van der Waals surface area contributed by atoms with Crippen LogP contribution in [0.15, 0.2) is 29.3 Å². The normalized spacial score (nSPS) is 13.2. The Hall–Kier alpha value is -2.56. The van der Waals surface area contributed by atoms with Gasteiger partial charge in [-0.2, -0.15) is 0 Å². The summed E-state index contributed by atoms with van der Waals surface area (Å²) in [5, 5.41) is 0. The van der Waals surface area contributed by atoms with Gasteiger partial charge >= 0.3 is 0 Å². The maximum atomic E-state index is 12.6. The van der Waals surface area contributed by atoms with Gasteiger partial charge in [0, 0.05) is 30.1 Å². The summed E-state index contributed by atoms with van der Waals surface area (Å²) in [4.78, 5) is 33.6. The highest BCUT2D eigenvalue weighted by Crippen LogP contribution is 2.35. The molecule has 1 aromatic carbocycles. The zero-order valence-corrected chi connectivity index (χ0v) is 13.4. The molecule has 1 heterocycles. The number of nitrogens with zero attached hydrogens (tertiary/aromatic N) is 3. The lowest BCUT2D eigenvalue weighted by Crippen LogP contribution is -2.24. The zero-order valence-electron chi connectivity index (χ0n) is 13.4. The van der Waals surface area contributed by atoms with E-state index < -0.39 is 11.6 Å². The fourth-order valence-electron chi connectivity index (χ4n) is 3.01. The summed E-state index contributed by atoms with van der Waals surface area (Å²) < 4.78 is 1.89. The third kappa shape index (κ3) is 2.42. The second kappa shape index (κ2) is 5.91. The molecular weight excluding hydrogens is 290 g/mol. The van der Waals surface area contributed by atoms with Gasteiger partial charge in [-0.05, 0) is 13.1 Å². The molecule has 5 nitrogen and oxygen atoms in total. The molecule has 118 valence electrons. The van der Waals surface area contributed by atoms with Crippen LogP contribution < -0.4 is 0 Å². The molecule has 0 N–H and O–H groups in total. The first-order valence-electron chi connectivity index (χ1n) is 7.77. The number of aromatic nitrogens is 2. The van der Waals surface area contributed by atoms with Crippen LogP contribution in [0.2, 0.25) is 0 Å². The van der Waals surface area contributed by atoms with Crippen molar-refractivity contribution < 1.29 is 9.59 Å². The van der Waals surface area contributed by atoms with Crippen molar-refractivity contribution in [1.29, 1.82) is 0 Å². The lowest BCUT2D eigenvalue weighted by molar-refractivity contribution is 0.0809. The van der Waals surface area contributed by atoms with Crippen molar-refractivity contribution in [2.24, 2.45) is 4.99 Å². The molecular formula is C18H19N3O2. The molecule has 23 heavy (non-hydrogen) atoms. The van der Waals surface area contributed by atoms with Crippen LogP contribution in [0.5, 0.6) is 0 Å². The Kier molecular flexibility index (Phi) is 3.94. The van der Waals surface area contributed by atoms with E-state index in [1.165, 1.54) is 0 Å². The van der Waals surface area contributed by atoms with Crippen molar-refractivity contribution in [1.82, 2.24) is 9.55 Å². The zero-order chi connectivity index (χ0) is 16.6. The average molecular weight is 309 g/mol. The van der Waals surface area contributed by atoms with E-state index in [0.717, 1.165) is 17.8 Å². The molecule has 5 heteroatoms. The second-order valence-electron chi connectivity index (χ2n) is 5.98. The number of hydrogen-bond donors (Lipinski definition) is 0. The first-order chi connectivity index (χ1) is 11.1. The molecule has 0 aliphatic heterocycles. The van der Waals surface area contributed by atoms with E-state index in [0.29, 0.717) is 30.0 Å². The molecule has 0 saturated carbocycles. The Labute approximate surface area is 135 Å². The van der Waals surface area contributed by atoms with Crippen molar-refractivity contribution in [2.45, 2.75) is 32.7 Å². The summed E-state index contributed by atoms with van der Waals surface area (Å²) in [6.45, 7) is 8.78. The fourth-order valence-corrected chi connectivity index (χ4v) is 3.01. The molecule has 2 aromatic rings. The SMILES string of the molecule is C=NCCCn1c(C(C)C)nc2c1C(=O)C(=O)c1ccccc1-2. The quantitative estimate of drug-likeness (QED) is 0.484. The summed E-state index contributed by atoms with van der Waals surface area (Å²) in [6, 6.07) is 7.17. The molecule has 0 unspecified atom stereocenters. The predicted molar refractivity (Wildman–Crippen MR) is 89.4 cm³/mol. The Morgan fingerprint density at radius 1 is 1.17 bits per heavy atom. The largest absolute Gasteiger partial charge is 0.324 e. The van der Waals surface area contributed by atoms with E-state index >= 15 is 0 Å². The van der Waals surface area contributed by atoms with Gasteiger partial charge in [-0.1, -0.05) is 38.1 Å². The number of aliphatic imine (C=N–C) groups is 1. The summed E-state index contributed by atoms with van der Waals surface area (Å²) in [5.74, 6) is 0.0698. The smallest absolute Gasteiger partial charge is 0.252 e. The Morgan fingerprint density at radius 2 is 1.87 bits per heavy atom. The number of imidazole rings is 1. The Balaban J connectivity index is 2.20. The van der Waals surface area contributed by atoms with Gasteiger partial charge in [0.15, 0.2) is 0 Å². The predicted octanol–water partition coefficient (Wildman–Crippen LogP) is 3.14. The van der Waals surface area contributed by atoms with Gasteiger partial charge in [0.05, 0.1) is 0 Å². The summed E-state index contributed by atoms with van der Waals surface area (Å²) in [6.07, 6.45) is 0.759. The molecule has 0 fully saturated rings. The van der Waals surface area contributed by atoms with Crippen LogP contribution in [0, 0.1) is 0 Å². The molecule has 3 rings (SSSR count). The molecule has 0 amide bonds. The number of fused-ring (bicyclic) bond motifs is 3. The molecule has 0 radical (unpaired) electrons. The number of Topliss-reactive ketones (excluding diaryl/α,β-unsaturated/α-hetero) is 2. The molecule has 1 aliphatic carbocycles. The Morgan fingerprint density at radius 3 is 2.52 bits per heavy atom. The van der Waals surface area contributed by atoms with Crippen LogP contribution >= 0.6 is 0 Å². The minimum Gasteiger partial charge on any atom is -0.324 e. The van der Waals surface area contributed by atoms with Crippen LogP contribution in [-0.2, 0) is 6.54 Å². The standard InChI is InChI=1S/C18H19N3O2/c1-11(2)18-20-14-12-7-4-5-8-13(12)16(22)17(23)15(14)21(18)10-6-9-19-3/h4-5,7-8,11H,3,6,9-10H2,1-2H3. The topological polar surface area (TPSA) is 64.3 Å². The van der Waals surface area contributed by atoms with E-state index in [-0.39, 0.29) is 5.92 Å². The molecule has 1 aromatic heterocycles. The van der Waals surface area contributed by atoms with Crippen molar-refractivity contribution in [3.8, 4) is 11.3 Å². The van der Waals surface area contributed by atoms with E-state index in [2.05, 4.69) is 11.7 Å². The van der Waals surface area contributed by atoms with Crippen LogP contribution in [0.1, 0.15) is 52.9 Å². The lowest BCUT2D eigenvalue weighted by atomic mass is 9.90. The minimum atomic E-state index is -0.468. The lowest BCUT2D eigenvalue weighted by Gasteiger charge is -2.16. The molecule has 0 spiro atoms. The summed E-state index contributed by atoms with van der Waals surface area (Å²) in [7, 11) is 0. The number of carbonyl (C=O) groups excluding carboxylic acids is 2. The first-order valence-corrected chi connectivity index (χ1v) is 7.77. The van der Waals surface area contributed by atoms with Crippen LogP contribution in [-0.4, -0.2) is 34.4 Å². The van der Waals surface area contributed by atoms with Crippen molar-refractivity contribution in [2.75, 3.05) is 6.54 Å². The maximum absolute atomic E-state index is 12.6. The number of benzene rings is 1. The first kappa shape index (κ1) is 15.3.